The van der Waals surface area contributed by atoms with Crippen molar-refractivity contribution < 1.29 is 13.9 Å². The average molecular weight is 398 g/mol. The standard InChI is InChI=1S/C21H23N3O3S/c1-15(20(25)24(2)14-17-7-5-4-6-8-17)28-21-23-22-19(27-21)13-16-9-11-18(26-3)12-10-16/h4-12,15H,13-14H2,1-3H3. The molecule has 0 saturated heterocycles. The van der Waals surface area contributed by atoms with Crippen LogP contribution in [-0.4, -0.2) is 40.4 Å². The Morgan fingerprint density at radius 2 is 1.82 bits per heavy atom. The molecule has 1 unspecified atom stereocenters. The quantitative estimate of drug-likeness (QED) is 0.539. The van der Waals surface area contributed by atoms with E-state index in [2.05, 4.69) is 10.2 Å². The molecule has 146 valence electrons. The van der Waals surface area contributed by atoms with Crippen molar-refractivity contribution in [2.45, 2.75) is 30.4 Å². The zero-order valence-electron chi connectivity index (χ0n) is 16.2. The number of nitrogens with zero attached hydrogens (tertiary/aromatic N) is 3. The van der Waals surface area contributed by atoms with Crippen LogP contribution in [0, 0.1) is 0 Å². The lowest BCUT2D eigenvalue weighted by molar-refractivity contribution is -0.129. The Balaban J connectivity index is 1.55. The Morgan fingerprint density at radius 3 is 2.50 bits per heavy atom. The molecule has 6 nitrogen and oxygen atoms in total. The summed E-state index contributed by atoms with van der Waals surface area (Å²) in [5.41, 5.74) is 2.14. The molecule has 1 atom stereocenters. The van der Waals surface area contributed by atoms with Gasteiger partial charge in [-0.05, 0) is 30.2 Å². The molecule has 0 saturated carbocycles. The summed E-state index contributed by atoms with van der Waals surface area (Å²) in [5, 5.41) is 8.23. The van der Waals surface area contributed by atoms with E-state index in [-0.39, 0.29) is 11.2 Å². The normalized spacial score (nSPS) is 11.8. The minimum atomic E-state index is -0.317. The lowest BCUT2D eigenvalue weighted by atomic mass is 10.1. The predicted octanol–water partition coefficient (Wildman–Crippen LogP) is 3.81. The summed E-state index contributed by atoms with van der Waals surface area (Å²) < 4.78 is 10.9. The van der Waals surface area contributed by atoms with Crippen LogP contribution in [0.2, 0.25) is 0 Å². The summed E-state index contributed by atoms with van der Waals surface area (Å²) in [6, 6.07) is 17.6. The second kappa shape index (κ2) is 9.41. The highest BCUT2D eigenvalue weighted by molar-refractivity contribution is 8.00. The maximum absolute atomic E-state index is 12.6. The van der Waals surface area contributed by atoms with Crippen LogP contribution in [0.4, 0.5) is 0 Å². The Bertz CT molecular complexity index is 897. The first-order chi connectivity index (χ1) is 13.5. The molecule has 0 N–H and O–H groups in total. The number of aromatic nitrogens is 2. The minimum absolute atomic E-state index is 0.0174. The SMILES string of the molecule is COc1ccc(Cc2nnc(SC(C)C(=O)N(C)Cc3ccccc3)o2)cc1. The third-order valence-corrected chi connectivity index (χ3v) is 5.15. The molecule has 7 heteroatoms. The van der Waals surface area contributed by atoms with Gasteiger partial charge in [-0.3, -0.25) is 4.79 Å². The third kappa shape index (κ3) is 5.36. The van der Waals surface area contributed by atoms with Crippen molar-refractivity contribution in [3.8, 4) is 5.75 Å². The number of carbonyl (C=O) groups is 1. The van der Waals surface area contributed by atoms with E-state index < -0.39 is 0 Å². The zero-order valence-corrected chi connectivity index (χ0v) is 17.0. The molecule has 1 heterocycles. The van der Waals surface area contributed by atoms with Crippen LogP contribution in [-0.2, 0) is 17.8 Å². The molecule has 28 heavy (non-hydrogen) atoms. The summed E-state index contributed by atoms with van der Waals surface area (Å²) in [7, 11) is 3.44. The number of thioether (sulfide) groups is 1. The van der Waals surface area contributed by atoms with E-state index in [1.54, 1.807) is 19.1 Å². The first-order valence-electron chi connectivity index (χ1n) is 8.96. The fraction of sp³-hybridized carbons (Fsp3) is 0.286. The number of hydrogen-bond acceptors (Lipinski definition) is 6. The summed E-state index contributed by atoms with van der Waals surface area (Å²) in [6.07, 6.45) is 0.536. The Labute approximate surface area is 168 Å². The number of ether oxygens (including phenoxy) is 1. The van der Waals surface area contributed by atoms with Crippen LogP contribution in [0.1, 0.15) is 23.9 Å². The van der Waals surface area contributed by atoms with E-state index in [1.807, 2.05) is 61.5 Å². The monoisotopic (exact) mass is 397 g/mol. The largest absolute Gasteiger partial charge is 0.497 e. The molecule has 0 radical (unpaired) electrons. The second-order valence-electron chi connectivity index (χ2n) is 6.43. The van der Waals surface area contributed by atoms with Gasteiger partial charge in [0.25, 0.3) is 5.22 Å². The summed E-state index contributed by atoms with van der Waals surface area (Å²) in [4.78, 5) is 14.3. The zero-order chi connectivity index (χ0) is 19.9. The molecule has 0 aliphatic heterocycles. The van der Waals surface area contributed by atoms with Crippen LogP contribution in [0.5, 0.6) is 5.75 Å². The molecular weight excluding hydrogens is 374 g/mol. The highest BCUT2D eigenvalue weighted by Crippen LogP contribution is 2.24. The van der Waals surface area contributed by atoms with Crippen LogP contribution in [0.25, 0.3) is 0 Å². The third-order valence-electron chi connectivity index (χ3n) is 4.23. The lowest BCUT2D eigenvalue weighted by Crippen LogP contribution is -2.32. The summed E-state index contributed by atoms with van der Waals surface area (Å²) >= 11 is 1.28. The van der Waals surface area contributed by atoms with E-state index >= 15 is 0 Å². The van der Waals surface area contributed by atoms with Gasteiger partial charge in [0, 0.05) is 13.6 Å². The van der Waals surface area contributed by atoms with Crippen molar-refractivity contribution >= 4 is 17.7 Å². The van der Waals surface area contributed by atoms with Crippen molar-refractivity contribution in [3.05, 3.63) is 71.6 Å². The molecule has 2 aromatic carbocycles. The van der Waals surface area contributed by atoms with Crippen molar-refractivity contribution in [2.75, 3.05) is 14.2 Å². The van der Waals surface area contributed by atoms with Crippen molar-refractivity contribution in [3.63, 3.8) is 0 Å². The van der Waals surface area contributed by atoms with Gasteiger partial charge >= 0.3 is 0 Å². The number of benzene rings is 2. The van der Waals surface area contributed by atoms with Crippen LogP contribution < -0.4 is 4.74 Å². The molecule has 3 aromatic rings. The predicted molar refractivity (Wildman–Crippen MR) is 108 cm³/mol. The Morgan fingerprint density at radius 1 is 1.11 bits per heavy atom. The Hall–Kier alpha value is -2.80. The first kappa shape index (κ1) is 19.9. The second-order valence-corrected chi connectivity index (χ2v) is 7.72. The summed E-state index contributed by atoms with van der Waals surface area (Å²) in [6.45, 7) is 2.42. The molecule has 0 spiro atoms. The topological polar surface area (TPSA) is 68.5 Å². The van der Waals surface area contributed by atoms with Gasteiger partial charge in [0.1, 0.15) is 5.75 Å². The van der Waals surface area contributed by atoms with Crippen LogP contribution in [0.3, 0.4) is 0 Å². The Kier molecular flexibility index (Phi) is 6.71. The van der Waals surface area contributed by atoms with Gasteiger partial charge in [-0.1, -0.05) is 54.2 Å². The van der Waals surface area contributed by atoms with E-state index in [1.165, 1.54) is 11.8 Å². The molecule has 0 aliphatic rings. The maximum Gasteiger partial charge on any atom is 0.277 e. The van der Waals surface area contributed by atoms with Crippen molar-refractivity contribution in [1.29, 1.82) is 0 Å². The minimum Gasteiger partial charge on any atom is -0.497 e. The van der Waals surface area contributed by atoms with Gasteiger partial charge in [-0.25, -0.2) is 0 Å². The summed E-state index contributed by atoms with van der Waals surface area (Å²) in [5.74, 6) is 1.34. The van der Waals surface area contributed by atoms with Gasteiger partial charge in [0.05, 0.1) is 18.8 Å². The number of methoxy groups -OCH3 is 1. The molecule has 1 aromatic heterocycles. The molecule has 3 rings (SSSR count). The highest BCUT2D eigenvalue weighted by atomic mass is 32.2. The van der Waals surface area contributed by atoms with Crippen molar-refractivity contribution in [1.82, 2.24) is 15.1 Å². The maximum atomic E-state index is 12.6. The van der Waals surface area contributed by atoms with E-state index in [4.69, 9.17) is 9.15 Å². The number of rotatable bonds is 8. The van der Waals surface area contributed by atoms with Crippen LogP contribution in [0.15, 0.2) is 64.2 Å². The van der Waals surface area contributed by atoms with Gasteiger partial charge in [0.15, 0.2) is 0 Å². The van der Waals surface area contributed by atoms with Gasteiger partial charge in [0.2, 0.25) is 11.8 Å². The van der Waals surface area contributed by atoms with E-state index in [0.717, 1.165) is 16.9 Å². The molecule has 0 fully saturated rings. The van der Waals surface area contributed by atoms with E-state index in [9.17, 15) is 4.79 Å². The average Bonchev–Trinajstić information content (AvgIpc) is 3.15. The molecular formula is C21H23N3O3S. The van der Waals surface area contributed by atoms with E-state index in [0.29, 0.717) is 24.1 Å². The fourth-order valence-electron chi connectivity index (χ4n) is 2.72. The molecule has 0 bridgehead atoms. The van der Waals surface area contributed by atoms with Gasteiger partial charge < -0.3 is 14.1 Å². The van der Waals surface area contributed by atoms with Gasteiger partial charge in [-0.15, -0.1) is 10.2 Å². The fourth-order valence-corrected chi connectivity index (χ4v) is 3.54. The highest BCUT2D eigenvalue weighted by Gasteiger charge is 2.21. The smallest absolute Gasteiger partial charge is 0.277 e. The number of hydrogen-bond donors (Lipinski definition) is 0. The molecule has 1 amide bonds. The van der Waals surface area contributed by atoms with Crippen LogP contribution >= 0.6 is 11.8 Å². The number of amides is 1. The lowest BCUT2D eigenvalue weighted by Gasteiger charge is -2.20. The molecule has 0 aliphatic carbocycles. The van der Waals surface area contributed by atoms with Crippen molar-refractivity contribution in [2.24, 2.45) is 0 Å². The number of carbonyl (C=O) groups excluding carboxylic acids is 1. The van der Waals surface area contributed by atoms with Gasteiger partial charge in [-0.2, -0.15) is 0 Å². The first-order valence-corrected chi connectivity index (χ1v) is 9.84.